The maximum atomic E-state index is 6.01. The third kappa shape index (κ3) is 4.70. The molecule has 2 fully saturated rings. The van der Waals surface area contributed by atoms with Crippen molar-refractivity contribution in [3.8, 4) is 0 Å². The molecule has 3 atom stereocenters. The van der Waals surface area contributed by atoms with Crippen molar-refractivity contribution in [1.29, 1.82) is 0 Å². The quantitative estimate of drug-likeness (QED) is 0.685. The number of ether oxygens (including phenoxy) is 2. The summed E-state index contributed by atoms with van der Waals surface area (Å²) >= 11 is 0. The molecular weight excluding hydrogens is 232 g/mol. The van der Waals surface area contributed by atoms with Crippen LogP contribution in [0.25, 0.3) is 0 Å². The highest BCUT2D eigenvalue weighted by molar-refractivity contribution is 6.52. The van der Waals surface area contributed by atoms with E-state index < -0.39 is 9.04 Å². The Balaban J connectivity index is 1.64. The van der Waals surface area contributed by atoms with Gasteiger partial charge in [-0.05, 0) is 37.8 Å². The van der Waals surface area contributed by atoms with E-state index in [1.54, 1.807) is 0 Å². The largest absolute Gasteiger partial charge is 0.420 e. The molecule has 2 aliphatic heterocycles. The molecule has 2 rings (SSSR count). The number of hydrogen-bond acceptors (Lipinski definition) is 3. The van der Waals surface area contributed by atoms with Crippen molar-refractivity contribution in [3.05, 3.63) is 0 Å². The normalized spacial score (nSPS) is 31.6. The van der Waals surface area contributed by atoms with E-state index in [2.05, 4.69) is 6.92 Å². The molecule has 0 aromatic heterocycles. The minimum atomic E-state index is -0.933. The minimum Gasteiger partial charge on any atom is -0.420 e. The summed E-state index contributed by atoms with van der Waals surface area (Å²) in [5.74, 6) is 0. The van der Waals surface area contributed by atoms with Gasteiger partial charge in [0.2, 0.25) is 0 Å². The molecule has 100 valence electrons. The molecule has 3 nitrogen and oxygen atoms in total. The highest BCUT2D eigenvalue weighted by Crippen LogP contribution is 2.20. The van der Waals surface area contributed by atoms with Gasteiger partial charge < -0.3 is 13.9 Å². The highest BCUT2D eigenvalue weighted by Gasteiger charge is 2.23. The third-order valence-electron chi connectivity index (χ3n) is 3.80. The summed E-state index contributed by atoms with van der Waals surface area (Å²) in [6.45, 7) is 4.93. The minimum absolute atomic E-state index is 0.359. The molecule has 17 heavy (non-hydrogen) atoms. The first kappa shape index (κ1) is 13.5. The van der Waals surface area contributed by atoms with Gasteiger partial charge in [0.15, 0.2) is 9.04 Å². The molecule has 0 saturated carbocycles. The summed E-state index contributed by atoms with van der Waals surface area (Å²) in [6.07, 6.45) is 6.89. The van der Waals surface area contributed by atoms with E-state index in [0.29, 0.717) is 12.2 Å². The Hall–Kier alpha value is 0.0969. The summed E-state index contributed by atoms with van der Waals surface area (Å²) in [4.78, 5) is 0. The topological polar surface area (TPSA) is 27.7 Å². The lowest BCUT2D eigenvalue weighted by Crippen LogP contribution is -2.30. The van der Waals surface area contributed by atoms with Gasteiger partial charge in [0.25, 0.3) is 0 Å². The van der Waals surface area contributed by atoms with Crippen LogP contribution in [0.15, 0.2) is 0 Å². The van der Waals surface area contributed by atoms with Crippen molar-refractivity contribution in [3.63, 3.8) is 0 Å². The smallest absolute Gasteiger partial charge is 0.179 e. The van der Waals surface area contributed by atoms with E-state index in [9.17, 15) is 0 Å². The van der Waals surface area contributed by atoms with Crippen molar-refractivity contribution < 1.29 is 13.9 Å². The summed E-state index contributed by atoms with van der Waals surface area (Å²) in [7, 11) is -0.933. The molecule has 2 heterocycles. The number of rotatable bonds is 6. The first-order chi connectivity index (χ1) is 8.38. The molecule has 4 heteroatoms. The lowest BCUT2D eigenvalue weighted by Gasteiger charge is -2.26. The maximum Gasteiger partial charge on any atom is 0.179 e. The molecule has 2 saturated heterocycles. The van der Waals surface area contributed by atoms with Crippen LogP contribution in [0, 0.1) is 0 Å². The molecular formula is C13H26O3Si. The van der Waals surface area contributed by atoms with Crippen molar-refractivity contribution >= 4 is 9.04 Å². The Morgan fingerprint density at radius 1 is 1.29 bits per heavy atom. The van der Waals surface area contributed by atoms with E-state index >= 15 is 0 Å². The summed E-state index contributed by atoms with van der Waals surface area (Å²) in [5, 5.41) is 0. The van der Waals surface area contributed by atoms with Crippen LogP contribution in [-0.4, -0.2) is 41.1 Å². The Morgan fingerprint density at radius 2 is 2.24 bits per heavy atom. The van der Waals surface area contributed by atoms with Gasteiger partial charge >= 0.3 is 0 Å². The van der Waals surface area contributed by atoms with Crippen LogP contribution in [-0.2, 0) is 13.9 Å². The van der Waals surface area contributed by atoms with Gasteiger partial charge in [-0.15, -0.1) is 0 Å². The zero-order chi connectivity index (χ0) is 11.9. The lowest BCUT2D eigenvalue weighted by molar-refractivity contribution is -0.0161. The SMILES string of the molecule is CCC(C[SiH]1CCCCO1)OCC1CCCO1. The molecule has 0 bridgehead atoms. The second-order valence-corrected chi connectivity index (χ2v) is 7.85. The van der Waals surface area contributed by atoms with Crippen LogP contribution in [0.4, 0.5) is 0 Å². The van der Waals surface area contributed by atoms with Gasteiger partial charge in [0.1, 0.15) is 0 Å². The first-order valence-corrected chi connectivity index (χ1v) is 9.33. The second kappa shape index (κ2) is 7.51. The van der Waals surface area contributed by atoms with Gasteiger partial charge in [-0.3, -0.25) is 0 Å². The highest BCUT2D eigenvalue weighted by atomic mass is 28.3. The Kier molecular flexibility index (Phi) is 5.98. The second-order valence-electron chi connectivity index (χ2n) is 5.22. The van der Waals surface area contributed by atoms with Crippen molar-refractivity contribution in [2.75, 3.05) is 19.8 Å². The zero-order valence-corrected chi connectivity index (χ0v) is 12.2. The average Bonchev–Trinajstić information content (AvgIpc) is 2.89. The Bertz CT molecular complexity index is 201. The third-order valence-corrected chi connectivity index (χ3v) is 6.61. The molecule has 0 aromatic carbocycles. The fraction of sp³-hybridized carbons (Fsp3) is 1.00. The van der Waals surface area contributed by atoms with Crippen LogP contribution in [0.1, 0.15) is 39.0 Å². The predicted molar refractivity (Wildman–Crippen MR) is 71.0 cm³/mol. The zero-order valence-electron chi connectivity index (χ0n) is 11.0. The molecule has 0 radical (unpaired) electrons. The fourth-order valence-corrected chi connectivity index (χ4v) is 5.50. The molecule has 3 unspecified atom stereocenters. The van der Waals surface area contributed by atoms with Crippen molar-refractivity contribution in [1.82, 2.24) is 0 Å². The van der Waals surface area contributed by atoms with Gasteiger partial charge in [0, 0.05) is 13.2 Å². The van der Waals surface area contributed by atoms with E-state index in [1.807, 2.05) is 0 Å². The van der Waals surface area contributed by atoms with E-state index in [4.69, 9.17) is 13.9 Å². The number of hydrogen-bond donors (Lipinski definition) is 0. The maximum absolute atomic E-state index is 6.01. The van der Waals surface area contributed by atoms with Crippen molar-refractivity contribution in [2.45, 2.75) is 63.3 Å². The lowest BCUT2D eigenvalue weighted by atomic mass is 10.2. The van der Waals surface area contributed by atoms with Gasteiger partial charge in [-0.1, -0.05) is 13.3 Å². The monoisotopic (exact) mass is 258 g/mol. The Morgan fingerprint density at radius 3 is 2.88 bits per heavy atom. The van der Waals surface area contributed by atoms with Crippen molar-refractivity contribution in [2.24, 2.45) is 0 Å². The molecule has 0 aromatic rings. The van der Waals surface area contributed by atoms with E-state index in [-0.39, 0.29) is 0 Å². The standard InChI is InChI=1S/C13H26O3Si/c1-2-12(11-17-9-4-3-8-16-17)15-10-13-6-5-7-14-13/h12-13,17H,2-11H2,1H3. The summed E-state index contributed by atoms with van der Waals surface area (Å²) in [6, 6.07) is 2.54. The fourth-order valence-electron chi connectivity index (χ4n) is 2.66. The average molecular weight is 258 g/mol. The van der Waals surface area contributed by atoms with Gasteiger partial charge in [0.05, 0.1) is 18.8 Å². The molecule has 2 aliphatic rings. The van der Waals surface area contributed by atoms with E-state index in [0.717, 1.165) is 26.2 Å². The van der Waals surface area contributed by atoms with Crippen LogP contribution >= 0.6 is 0 Å². The van der Waals surface area contributed by atoms with Gasteiger partial charge in [-0.25, -0.2) is 0 Å². The molecule has 0 aliphatic carbocycles. The van der Waals surface area contributed by atoms with Crippen LogP contribution in [0.2, 0.25) is 12.1 Å². The van der Waals surface area contributed by atoms with E-state index in [1.165, 1.54) is 37.8 Å². The first-order valence-electron chi connectivity index (χ1n) is 7.23. The Labute approximate surface area is 107 Å². The van der Waals surface area contributed by atoms with Crippen LogP contribution in [0.5, 0.6) is 0 Å². The van der Waals surface area contributed by atoms with Gasteiger partial charge in [-0.2, -0.15) is 0 Å². The predicted octanol–water partition coefficient (Wildman–Crippen LogP) is 2.49. The molecule has 0 amide bonds. The summed E-state index contributed by atoms with van der Waals surface area (Å²) < 4.78 is 17.5. The van der Waals surface area contributed by atoms with Crippen LogP contribution in [0.3, 0.4) is 0 Å². The summed E-state index contributed by atoms with van der Waals surface area (Å²) in [5.41, 5.74) is 0. The van der Waals surface area contributed by atoms with Crippen LogP contribution < -0.4 is 0 Å². The molecule has 0 spiro atoms. The molecule has 0 N–H and O–H groups in total.